The first kappa shape index (κ1) is 7.81. The molecule has 2 aliphatic rings. The molecule has 1 aliphatic heterocycles. The maximum absolute atomic E-state index is 5.76. The van der Waals surface area contributed by atoms with Crippen LogP contribution in [0.15, 0.2) is 37.0 Å². The molecule has 1 fully saturated rings. The molecule has 0 amide bonds. The van der Waals surface area contributed by atoms with Crippen molar-refractivity contribution in [2.75, 3.05) is 0 Å². The van der Waals surface area contributed by atoms with E-state index in [9.17, 15) is 0 Å². The quantitative estimate of drug-likeness (QED) is 0.538. The summed E-state index contributed by atoms with van der Waals surface area (Å²) in [5.41, 5.74) is 0. The molecule has 4 atom stereocenters. The Morgan fingerprint density at radius 1 is 1.33 bits per heavy atom. The van der Waals surface area contributed by atoms with Crippen LogP contribution in [0.5, 0.6) is 0 Å². The summed E-state index contributed by atoms with van der Waals surface area (Å²) in [7, 11) is 0. The maximum Gasteiger partial charge on any atom is 0.0832 e. The predicted molar refractivity (Wildman–Crippen MR) is 49.8 cm³/mol. The molecular formula is C11H14O. The summed E-state index contributed by atoms with van der Waals surface area (Å²) in [6.45, 7) is 5.96. The third-order valence-electron chi connectivity index (χ3n) is 2.76. The van der Waals surface area contributed by atoms with Crippen LogP contribution in [-0.2, 0) is 4.74 Å². The van der Waals surface area contributed by atoms with Gasteiger partial charge < -0.3 is 4.74 Å². The van der Waals surface area contributed by atoms with E-state index in [-0.39, 0.29) is 6.10 Å². The first-order valence-electron chi connectivity index (χ1n) is 4.46. The van der Waals surface area contributed by atoms with Crippen molar-refractivity contribution in [2.24, 2.45) is 11.8 Å². The van der Waals surface area contributed by atoms with Crippen molar-refractivity contribution in [3.8, 4) is 0 Å². The van der Waals surface area contributed by atoms with Crippen LogP contribution in [0, 0.1) is 11.8 Å². The lowest BCUT2D eigenvalue weighted by Gasteiger charge is -2.16. The highest BCUT2D eigenvalue weighted by Gasteiger charge is 2.38. The van der Waals surface area contributed by atoms with Crippen molar-refractivity contribution in [3.05, 3.63) is 37.0 Å². The van der Waals surface area contributed by atoms with Crippen LogP contribution in [0.1, 0.15) is 6.92 Å². The molecule has 0 aromatic rings. The molecule has 0 aromatic carbocycles. The van der Waals surface area contributed by atoms with Gasteiger partial charge >= 0.3 is 0 Å². The van der Waals surface area contributed by atoms with Gasteiger partial charge in [0, 0.05) is 11.8 Å². The van der Waals surface area contributed by atoms with Gasteiger partial charge in [-0.25, -0.2) is 0 Å². The third kappa shape index (κ3) is 1.05. The fourth-order valence-electron chi connectivity index (χ4n) is 2.09. The molecule has 0 aromatic heterocycles. The minimum atomic E-state index is 0.285. The summed E-state index contributed by atoms with van der Waals surface area (Å²) in [4.78, 5) is 0. The van der Waals surface area contributed by atoms with Gasteiger partial charge in [0.25, 0.3) is 0 Å². The molecule has 1 saturated heterocycles. The molecule has 0 saturated carbocycles. The Morgan fingerprint density at radius 3 is 2.83 bits per heavy atom. The number of allylic oxidation sites excluding steroid dienone is 2. The van der Waals surface area contributed by atoms with Gasteiger partial charge in [-0.2, -0.15) is 0 Å². The number of hydrogen-bond acceptors (Lipinski definition) is 1. The van der Waals surface area contributed by atoms with E-state index >= 15 is 0 Å². The lowest BCUT2D eigenvalue weighted by molar-refractivity contribution is 0.0717. The van der Waals surface area contributed by atoms with Crippen LogP contribution >= 0.6 is 0 Å². The van der Waals surface area contributed by atoms with Crippen molar-refractivity contribution >= 4 is 0 Å². The highest BCUT2D eigenvalue weighted by molar-refractivity contribution is 5.20. The van der Waals surface area contributed by atoms with E-state index in [0.29, 0.717) is 17.9 Å². The minimum Gasteiger partial charge on any atom is -0.370 e. The fourth-order valence-corrected chi connectivity index (χ4v) is 2.09. The highest BCUT2D eigenvalue weighted by Crippen LogP contribution is 2.36. The van der Waals surface area contributed by atoms with E-state index in [1.165, 1.54) is 0 Å². The molecule has 2 rings (SSSR count). The summed E-state index contributed by atoms with van der Waals surface area (Å²) >= 11 is 0. The second-order valence-corrected chi connectivity index (χ2v) is 3.47. The molecule has 0 radical (unpaired) electrons. The molecule has 0 N–H and O–H groups in total. The van der Waals surface area contributed by atoms with Crippen molar-refractivity contribution in [1.29, 1.82) is 0 Å². The highest BCUT2D eigenvalue weighted by atomic mass is 16.5. The van der Waals surface area contributed by atoms with E-state index in [1.54, 1.807) is 0 Å². The average Bonchev–Trinajstić information content (AvgIpc) is 2.40. The molecule has 1 nitrogen and oxygen atoms in total. The van der Waals surface area contributed by atoms with Crippen LogP contribution in [0.3, 0.4) is 0 Å². The summed E-state index contributed by atoms with van der Waals surface area (Å²) in [5.74, 6) is 0.999. The van der Waals surface area contributed by atoms with E-state index in [2.05, 4.69) is 37.8 Å². The minimum absolute atomic E-state index is 0.285. The van der Waals surface area contributed by atoms with Gasteiger partial charge in [0.2, 0.25) is 0 Å². The van der Waals surface area contributed by atoms with Gasteiger partial charge in [0.05, 0.1) is 12.2 Å². The van der Waals surface area contributed by atoms with Gasteiger partial charge in [0.15, 0.2) is 0 Å². The molecule has 0 spiro atoms. The van der Waals surface area contributed by atoms with E-state index in [4.69, 9.17) is 4.74 Å². The number of ether oxygens (including phenoxy) is 1. The molecule has 0 bridgehead atoms. The lowest BCUT2D eigenvalue weighted by atomic mass is 9.85. The lowest BCUT2D eigenvalue weighted by Crippen LogP contribution is -2.17. The van der Waals surface area contributed by atoms with Crippen LogP contribution in [0.2, 0.25) is 0 Å². The Hall–Kier alpha value is -0.820. The van der Waals surface area contributed by atoms with Gasteiger partial charge in [-0.05, 0) is 6.92 Å². The normalized spacial score (nSPS) is 44.4. The zero-order chi connectivity index (χ0) is 8.55. The molecule has 1 heterocycles. The first-order chi connectivity index (χ1) is 5.83. The largest absolute Gasteiger partial charge is 0.370 e. The second kappa shape index (κ2) is 2.91. The Kier molecular flexibility index (Phi) is 1.89. The first-order valence-corrected chi connectivity index (χ1v) is 4.46. The van der Waals surface area contributed by atoms with Crippen LogP contribution in [0.25, 0.3) is 0 Å². The summed E-state index contributed by atoms with van der Waals surface area (Å²) in [6, 6.07) is 0. The van der Waals surface area contributed by atoms with Gasteiger partial charge in [-0.15, -0.1) is 6.58 Å². The van der Waals surface area contributed by atoms with Crippen molar-refractivity contribution < 1.29 is 4.74 Å². The SMILES string of the molecule is C=CC1C(C)OC2C=CC=CC21. The van der Waals surface area contributed by atoms with Gasteiger partial charge in [-0.1, -0.05) is 30.4 Å². The molecule has 12 heavy (non-hydrogen) atoms. The topological polar surface area (TPSA) is 9.23 Å². The van der Waals surface area contributed by atoms with Crippen molar-refractivity contribution in [2.45, 2.75) is 19.1 Å². The fraction of sp³-hybridized carbons (Fsp3) is 0.455. The van der Waals surface area contributed by atoms with Crippen LogP contribution < -0.4 is 0 Å². The number of hydrogen-bond donors (Lipinski definition) is 0. The molecule has 4 unspecified atom stereocenters. The average molecular weight is 162 g/mol. The van der Waals surface area contributed by atoms with Crippen LogP contribution in [-0.4, -0.2) is 12.2 Å². The van der Waals surface area contributed by atoms with Gasteiger partial charge in [0.1, 0.15) is 0 Å². The van der Waals surface area contributed by atoms with Gasteiger partial charge in [-0.3, -0.25) is 0 Å². The second-order valence-electron chi connectivity index (χ2n) is 3.47. The zero-order valence-electron chi connectivity index (χ0n) is 7.31. The Balaban J connectivity index is 2.23. The standard InChI is InChI=1S/C11H14O/c1-3-9-8(2)12-11-7-5-4-6-10(9)11/h3-11H,1H2,2H3. The predicted octanol–water partition coefficient (Wildman–Crippen LogP) is 2.32. The molecule has 64 valence electrons. The Morgan fingerprint density at radius 2 is 2.08 bits per heavy atom. The smallest absolute Gasteiger partial charge is 0.0832 e. The molecule has 1 aliphatic carbocycles. The summed E-state index contributed by atoms with van der Waals surface area (Å²) in [6.07, 6.45) is 11.1. The number of fused-ring (bicyclic) bond motifs is 1. The number of rotatable bonds is 1. The van der Waals surface area contributed by atoms with E-state index in [0.717, 1.165) is 0 Å². The Bertz CT molecular complexity index is 239. The molecular weight excluding hydrogens is 148 g/mol. The monoisotopic (exact) mass is 162 g/mol. The Labute approximate surface area is 73.4 Å². The molecule has 1 heteroatoms. The van der Waals surface area contributed by atoms with E-state index < -0.39 is 0 Å². The van der Waals surface area contributed by atoms with Crippen molar-refractivity contribution in [3.63, 3.8) is 0 Å². The van der Waals surface area contributed by atoms with Crippen molar-refractivity contribution in [1.82, 2.24) is 0 Å². The zero-order valence-corrected chi connectivity index (χ0v) is 7.31. The third-order valence-corrected chi connectivity index (χ3v) is 2.76. The summed E-state index contributed by atoms with van der Waals surface area (Å²) in [5, 5.41) is 0. The maximum atomic E-state index is 5.76. The van der Waals surface area contributed by atoms with Crippen LogP contribution in [0.4, 0.5) is 0 Å². The van der Waals surface area contributed by atoms with E-state index in [1.807, 2.05) is 6.08 Å². The summed E-state index contributed by atoms with van der Waals surface area (Å²) < 4.78 is 5.76.